The van der Waals surface area contributed by atoms with E-state index in [4.69, 9.17) is 15.7 Å². The second-order valence-electron chi connectivity index (χ2n) is 4.51. The summed E-state index contributed by atoms with van der Waals surface area (Å²) in [7, 11) is 0. The van der Waals surface area contributed by atoms with Crippen molar-refractivity contribution in [3.8, 4) is 0 Å². The third-order valence-corrected chi connectivity index (χ3v) is 3.12. The van der Waals surface area contributed by atoms with Crippen LogP contribution in [-0.4, -0.2) is 29.7 Å². The van der Waals surface area contributed by atoms with Gasteiger partial charge in [0.05, 0.1) is 0 Å². The monoisotopic (exact) mass is 263 g/mol. The molecule has 1 aliphatic rings. The Morgan fingerprint density at radius 3 is 3.00 bits per heavy atom. The van der Waals surface area contributed by atoms with Crippen molar-refractivity contribution in [3.63, 3.8) is 0 Å². The van der Waals surface area contributed by atoms with Crippen molar-refractivity contribution in [2.24, 2.45) is 10.9 Å². The van der Waals surface area contributed by atoms with Crippen molar-refractivity contribution in [2.75, 3.05) is 11.9 Å². The van der Waals surface area contributed by atoms with Crippen LogP contribution >= 0.6 is 0 Å². The average Bonchev–Trinajstić information content (AvgIpc) is 2.94. The van der Waals surface area contributed by atoms with Crippen LogP contribution in [0.15, 0.2) is 23.4 Å². The lowest BCUT2D eigenvalue weighted by atomic mass is 10.1. The van der Waals surface area contributed by atoms with Gasteiger partial charge in [0.15, 0.2) is 5.84 Å². The summed E-state index contributed by atoms with van der Waals surface area (Å²) in [5.41, 5.74) is 7.63. The number of benzene rings is 1. The second kappa shape index (κ2) is 5.71. The Kier molecular flexibility index (Phi) is 4.01. The first kappa shape index (κ1) is 13.4. The molecule has 0 bridgehead atoms. The summed E-state index contributed by atoms with van der Waals surface area (Å²) in [5, 5.41) is 14.4. The van der Waals surface area contributed by atoms with E-state index in [1.807, 2.05) is 6.92 Å². The Labute approximate surface area is 111 Å². The maximum absolute atomic E-state index is 12.0. The summed E-state index contributed by atoms with van der Waals surface area (Å²) < 4.78 is 5.33. The van der Waals surface area contributed by atoms with Gasteiger partial charge in [-0.1, -0.05) is 17.3 Å². The molecule has 1 saturated heterocycles. The van der Waals surface area contributed by atoms with Crippen LogP contribution in [0.5, 0.6) is 0 Å². The van der Waals surface area contributed by atoms with Gasteiger partial charge < -0.3 is 21.0 Å². The van der Waals surface area contributed by atoms with Gasteiger partial charge in [0, 0.05) is 17.9 Å². The lowest BCUT2D eigenvalue weighted by Gasteiger charge is -2.13. The number of anilines is 1. The third-order valence-electron chi connectivity index (χ3n) is 3.12. The fraction of sp³-hybridized carbons (Fsp3) is 0.385. The topological polar surface area (TPSA) is 96.9 Å². The summed E-state index contributed by atoms with van der Waals surface area (Å²) in [4.78, 5) is 12.0. The predicted molar refractivity (Wildman–Crippen MR) is 71.3 cm³/mol. The molecule has 19 heavy (non-hydrogen) atoms. The number of hydrogen-bond donors (Lipinski definition) is 3. The molecule has 1 heterocycles. The second-order valence-corrected chi connectivity index (χ2v) is 4.51. The molecule has 0 saturated carbocycles. The standard InChI is InChI=1S/C13H17N3O3/c1-8-4-5-9(12(14)16-18)7-10(8)15-13(17)11-3-2-6-19-11/h4-5,7,11,18H,2-3,6H2,1H3,(H2,14,16)(H,15,17). The van der Waals surface area contributed by atoms with Crippen molar-refractivity contribution >= 4 is 17.4 Å². The molecule has 0 spiro atoms. The van der Waals surface area contributed by atoms with Gasteiger partial charge in [0.2, 0.25) is 0 Å². The Bertz CT molecular complexity index is 508. The lowest BCUT2D eigenvalue weighted by Crippen LogP contribution is -2.27. The van der Waals surface area contributed by atoms with Crippen LogP contribution in [0.25, 0.3) is 0 Å². The number of carbonyl (C=O) groups is 1. The largest absolute Gasteiger partial charge is 0.409 e. The van der Waals surface area contributed by atoms with Gasteiger partial charge in [0.25, 0.3) is 5.91 Å². The van der Waals surface area contributed by atoms with Crippen LogP contribution in [0.4, 0.5) is 5.69 Å². The minimum Gasteiger partial charge on any atom is -0.409 e. The third kappa shape index (κ3) is 3.03. The fourth-order valence-corrected chi connectivity index (χ4v) is 1.97. The van der Waals surface area contributed by atoms with E-state index in [-0.39, 0.29) is 17.8 Å². The number of aryl methyl sites for hydroxylation is 1. The molecular formula is C13H17N3O3. The highest BCUT2D eigenvalue weighted by Gasteiger charge is 2.23. The van der Waals surface area contributed by atoms with Crippen molar-refractivity contribution in [2.45, 2.75) is 25.9 Å². The van der Waals surface area contributed by atoms with E-state index in [0.717, 1.165) is 18.4 Å². The van der Waals surface area contributed by atoms with Gasteiger partial charge in [-0.2, -0.15) is 0 Å². The number of ether oxygens (including phenoxy) is 1. The van der Waals surface area contributed by atoms with E-state index in [1.54, 1.807) is 18.2 Å². The van der Waals surface area contributed by atoms with E-state index in [2.05, 4.69) is 10.5 Å². The number of carbonyl (C=O) groups excluding carboxylic acids is 1. The van der Waals surface area contributed by atoms with Gasteiger partial charge in [-0.05, 0) is 31.4 Å². The Hall–Kier alpha value is -2.08. The predicted octanol–water partition coefficient (Wildman–Crippen LogP) is 1.21. The molecule has 1 fully saturated rings. The Morgan fingerprint density at radius 1 is 1.58 bits per heavy atom. The summed E-state index contributed by atoms with van der Waals surface area (Å²) >= 11 is 0. The molecule has 0 aromatic heterocycles. The van der Waals surface area contributed by atoms with Crippen molar-refractivity contribution in [1.29, 1.82) is 0 Å². The van der Waals surface area contributed by atoms with Gasteiger partial charge >= 0.3 is 0 Å². The fourth-order valence-electron chi connectivity index (χ4n) is 1.97. The molecule has 0 radical (unpaired) electrons. The summed E-state index contributed by atoms with van der Waals surface area (Å²) in [6, 6.07) is 5.21. The first-order valence-electron chi connectivity index (χ1n) is 6.13. The molecule has 2 rings (SSSR count). The van der Waals surface area contributed by atoms with E-state index in [0.29, 0.717) is 17.9 Å². The Morgan fingerprint density at radius 2 is 2.37 bits per heavy atom. The van der Waals surface area contributed by atoms with E-state index in [1.165, 1.54) is 0 Å². The summed E-state index contributed by atoms with van der Waals surface area (Å²) in [5.74, 6) is -0.148. The smallest absolute Gasteiger partial charge is 0.253 e. The first-order valence-corrected chi connectivity index (χ1v) is 6.13. The molecular weight excluding hydrogens is 246 g/mol. The SMILES string of the molecule is Cc1ccc(C(N)=NO)cc1NC(=O)C1CCCO1. The summed E-state index contributed by atoms with van der Waals surface area (Å²) in [6.45, 7) is 2.50. The van der Waals surface area contributed by atoms with Crippen molar-refractivity contribution in [1.82, 2.24) is 0 Å². The quantitative estimate of drug-likeness (QED) is 0.330. The van der Waals surface area contributed by atoms with Gasteiger partial charge in [-0.25, -0.2) is 0 Å². The first-order chi connectivity index (χ1) is 9.11. The normalized spacial score (nSPS) is 19.4. The number of rotatable bonds is 3. The minimum atomic E-state index is -0.382. The molecule has 1 aromatic carbocycles. The van der Waals surface area contributed by atoms with Crippen molar-refractivity contribution in [3.05, 3.63) is 29.3 Å². The number of hydrogen-bond acceptors (Lipinski definition) is 4. The van der Waals surface area contributed by atoms with Crippen LogP contribution in [0.2, 0.25) is 0 Å². The highest BCUT2D eigenvalue weighted by Crippen LogP contribution is 2.19. The van der Waals surface area contributed by atoms with Gasteiger partial charge in [0.1, 0.15) is 6.10 Å². The minimum absolute atomic E-state index is 0.00705. The molecule has 1 amide bonds. The maximum Gasteiger partial charge on any atom is 0.253 e. The number of nitrogens with zero attached hydrogens (tertiary/aromatic N) is 1. The molecule has 1 aromatic rings. The number of nitrogens with two attached hydrogens (primary N) is 1. The van der Waals surface area contributed by atoms with Gasteiger partial charge in [-0.15, -0.1) is 0 Å². The number of amidine groups is 1. The molecule has 1 atom stereocenters. The average molecular weight is 263 g/mol. The molecule has 6 nitrogen and oxygen atoms in total. The van der Waals surface area contributed by atoms with E-state index in [9.17, 15) is 4.79 Å². The highest BCUT2D eigenvalue weighted by atomic mass is 16.5. The zero-order chi connectivity index (χ0) is 13.8. The maximum atomic E-state index is 12.0. The van der Waals surface area contributed by atoms with E-state index >= 15 is 0 Å². The Balaban J connectivity index is 2.16. The van der Waals surface area contributed by atoms with Crippen LogP contribution in [-0.2, 0) is 9.53 Å². The lowest BCUT2D eigenvalue weighted by molar-refractivity contribution is -0.124. The highest BCUT2D eigenvalue weighted by molar-refractivity contribution is 6.00. The zero-order valence-corrected chi connectivity index (χ0v) is 10.7. The molecule has 6 heteroatoms. The van der Waals surface area contributed by atoms with Crippen LogP contribution < -0.4 is 11.1 Å². The van der Waals surface area contributed by atoms with Gasteiger partial charge in [-0.3, -0.25) is 4.79 Å². The van der Waals surface area contributed by atoms with Crippen molar-refractivity contribution < 1.29 is 14.7 Å². The molecule has 102 valence electrons. The van der Waals surface area contributed by atoms with E-state index < -0.39 is 0 Å². The number of nitrogens with one attached hydrogen (secondary N) is 1. The van der Waals surface area contributed by atoms with Crippen LogP contribution in [0, 0.1) is 6.92 Å². The molecule has 0 aliphatic carbocycles. The number of amides is 1. The molecule has 1 unspecified atom stereocenters. The zero-order valence-electron chi connectivity index (χ0n) is 10.7. The van der Waals surface area contributed by atoms with Crippen LogP contribution in [0.3, 0.4) is 0 Å². The number of oxime groups is 1. The summed E-state index contributed by atoms with van der Waals surface area (Å²) in [6.07, 6.45) is 1.26. The van der Waals surface area contributed by atoms with Crippen LogP contribution in [0.1, 0.15) is 24.0 Å². The molecule has 1 aliphatic heterocycles. The molecule has 4 N–H and O–H groups in total.